The smallest absolute Gasteiger partial charge is 0.249 e. The minimum Gasteiger partial charge on any atom is -0.326 e. The molecule has 1 aromatic heterocycles. The Morgan fingerprint density at radius 2 is 1.77 bits per heavy atom. The summed E-state index contributed by atoms with van der Waals surface area (Å²) in [4.78, 5) is 36.6. The summed E-state index contributed by atoms with van der Waals surface area (Å²) in [7, 11) is 0. The monoisotopic (exact) mass is 403 g/mol. The number of fused-ring (bicyclic) bond motifs is 1. The van der Waals surface area contributed by atoms with Crippen LogP contribution in [0.1, 0.15) is 24.9 Å². The highest BCUT2D eigenvalue weighted by Gasteiger charge is 2.34. The van der Waals surface area contributed by atoms with Crippen LogP contribution in [-0.2, 0) is 14.4 Å². The Hall–Kier alpha value is -3.94. The maximum absolute atomic E-state index is 13.0. The molecule has 0 unspecified atom stereocenters. The zero-order chi connectivity index (χ0) is 21.3. The van der Waals surface area contributed by atoms with Crippen LogP contribution in [0.25, 0.3) is 11.3 Å². The quantitative estimate of drug-likeness (QED) is 0.621. The summed E-state index contributed by atoms with van der Waals surface area (Å²) in [6, 6.07) is 15.7. The largest absolute Gasteiger partial charge is 0.326 e. The molecule has 0 fully saturated rings. The Balaban J connectivity index is 1.64. The highest BCUT2D eigenvalue weighted by Crippen LogP contribution is 2.34. The highest BCUT2D eigenvalue weighted by atomic mass is 16.2. The second-order valence-electron chi connectivity index (χ2n) is 7.15. The van der Waals surface area contributed by atoms with Gasteiger partial charge in [0.2, 0.25) is 17.7 Å². The molecule has 3 amide bonds. The van der Waals surface area contributed by atoms with Crippen molar-refractivity contribution < 1.29 is 14.4 Å². The molecule has 0 spiro atoms. The Kier molecular flexibility index (Phi) is 5.05. The van der Waals surface area contributed by atoms with Gasteiger partial charge < -0.3 is 16.0 Å². The van der Waals surface area contributed by atoms with Gasteiger partial charge in [-0.3, -0.25) is 14.4 Å². The third kappa shape index (κ3) is 3.80. The minimum atomic E-state index is -0.783. The fourth-order valence-corrected chi connectivity index (χ4v) is 3.52. The number of carbonyl (C=O) groups excluding carboxylic acids is 3. The van der Waals surface area contributed by atoms with E-state index in [1.54, 1.807) is 28.9 Å². The van der Waals surface area contributed by atoms with Crippen molar-refractivity contribution in [3.05, 3.63) is 60.2 Å². The molecule has 1 aliphatic rings. The lowest BCUT2D eigenvalue weighted by Gasteiger charge is -2.24. The molecule has 8 heteroatoms. The molecule has 1 aliphatic heterocycles. The van der Waals surface area contributed by atoms with Gasteiger partial charge in [-0.15, -0.1) is 0 Å². The van der Waals surface area contributed by atoms with Crippen LogP contribution in [0.4, 0.5) is 17.2 Å². The molecule has 1 atom stereocenters. The number of carbonyl (C=O) groups is 3. The fourth-order valence-electron chi connectivity index (χ4n) is 3.52. The van der Waals surface area contributed by atoms with Crippen molar-refractivity contribution in [3.63, 3.8) is 0 Å². The molecule has 2 heterocycles. The lowest BCUT2D eigenvalue weighted by Crippen LogP contribution is -2.35. The van der Waals surface area contributed by atoms with E-state index in [4.69, 9.17) is 0 Å². The van der Waals surface area contributed by atoms with E-state index < -0.39 is 6.04 Å². The number of nitrogens with zero attached hydrogens (tertiary/aromatic N) is 2. The third-order valence-electron chi connectivity index (χ3n) is 4.88. The van der Waals surface area contributed by atoms with Crippen LogP contribution in [0.5, 0.6) is 0 Å². The van der Waals surface area contributed by atoms with Crippen LogP contribution >= 0.6 is 0 Å². The topological polar surface area (TPSA) is 105 Å². The van der Waals surface area contributed by atoms with Gasteiger partial charge in [-0.25, -0.2) is 4.68 Å². The third-order valence-corrected chi connectivity index (χ3v) is 4.88. The molecule has 0 aliphatic carbocycles. The van der Waals surface area contributed by atoms with Crippen LogP contribution in [-0.4, -0.2) is 27.5 Å². The highest BCUT2D eigenvalue weighted by molar-refractivity contribution is 6.02. The van der Waals surface area contributed by atoms with Gasteiger partial charge >= 0.3 is 0 Å². The first-order valence-electron chi connectivity index (χ1n) is 9.55. The number of hydrogen-bond donors (Lipinski definition) is 3. The van der Waals surface area contributed by atoms with Gasteiger partial charge in [-0.2, -0.15) is 5.10 Å². The summed E-state index contributed by atoms with van der Waals surface area (Å²) in [6.45, 7) is 3.29. The first-order chi connectivity index (χ1) is 14.4. The molecule has 152 valence electrons. The molecule has 0 saturated heterocycles. The normalized spacial score (nSPS) is 15.1. The standard InChI is InChI=1S/C22H21N5O3/c1-13-20(15-7-4-3-5-8-15)26-27-18(12-19(29)25-21(13)27)22(30)24-17-10-6-9-16(11-17)23-14(2)28/h3-11,18H,12H2,1-2H3,(H,23,28)(H,24,30)(H,25,29)/t18-/m0/s1. The predicted molar refractivity (Wildman–Crippen MR) is 114 cm³/mol. The molecule has 0 radical (unpaired) electrons. The van der Waals surface area contributed by atoms with Crippen molar-refractivity contribution in [2.24, 2.45) is 0 Å². The van der Waals surface area contributed by atoms with Crippen molar-refractivity contribution in [1.82, 2.24) is 9.78 Å². The van der Waals surface area contributed by atoms with Gasteiger partial charge in [0.1, 0.15) is 11.9 Å². The maximum Gasteiger partial charge on any atom is 0.249 e. The van der Waals surface area contributed by atoms with E-state index in [-0.39, 0.29) is 24.1 Å². The molecule has 8 nitrogen and oxygen atoms in total. The molecule has 30 heavy (non-hydrogen) atoms. The van der Waals surface area contributed by atoms with E-state index >= 15 is 0 Å². The number of benzene rings is 2. The summed E-state index contributed by atoms with van der Waals surface area (Å²) in [5.74, 6) is -0.268. The summed E-state index contributed by atoms with van der Waals surface area (Å²) >= 11 is 0. The van der Waals surface area contributed by atoms with E-state index in [2.05, 4.69) is 21.0 Å². The van der Waals surface area contributed by atoms with E-state index in [1.165, 1.54) is 6.92 Å². The summed E-state index contributed by atoms with van der Waals surface area (Å²) in [6.07, 6.45) is -0.0143. The lowest BCUT2D eigenvalue weighted by atomic mass is 10.1. The number of hydrogen-bond acceptors (Lipinski definition) is 4. The zero-order valence-corrected chi connectivity index (χ0v) is 16.6. The fraction of sp³-hybridized carbons (Fsp3) is 0.182. The molecule has 4 rings (SSSR count). The Labute approximate surface area is 173 Å². The first kappa shape index (κ1) is 19.4. The van der Waals surface area contributed by atoms with E-state index in [0.717, 1.165) is 16.8 Å². The first-order valence-corrected chi connectivity index (χ1v) is 9.55. The van der Waals surface area contributed by atoms with Gasteiger partial charge in [0.25, 0.3) is 0 Å². The molecular weight excluding hydrogens is 382 g/mol. The van der Waals surface area contributed by atoms with Gasteiger partial charge in [0, 0.05) is 29.4 Å². The number of anilines is 3. The van der Waals surface area contributed by atoms with E-state index in [0.29, 0.717) is 17.2 Å². The SMILES string of the molecule is CC(=O)Nc1cccc(NC(=O)[C@@H]2CC(=O)Nc3c(C)c(-c4ccccc4)nn32)c1. The summed E-state index contributed by atoms with van der Waals surface area (Å²) in [5.41, 5.74) is 3.53. The molecule has 3 aromatic rings. The minimum absolute atomic E-state index is 0.0143. The van der Waals surface area contributed by atoms with Crippen molar-refractivity contribution in [3.8, 4) is 11.3 Å². The van der Waals surface area contributed by atoms with Crippen molar-refractivity contribution >= 4 is 34.9 Å². The van der Waals surface area contributed by atoms with Gasteiger partial charge in [-0.1, -0.05) is 36.4 Å². The Bertz CT molecular complexity index is 1140. The number of amides is 3. The number of nitrogens with one attached hydrogen (secondary N) is 3. The van der Waals surface area contributed by atoms with E-state index in [1.807, 2.05) is 37.3 Å². The molecular formula is C22H21N5O3. The average Bonchev–Trinajstić information content (AvgIpc) is 3.04. The Morgan fingerprint density at radius 1 is 1.07 bits per heavy atom. The van der Waals surface area contributed by atoms with Crippen molar-refractivity contribution in [2.75, 3.05) is 16.0 Å². The summed E-state index contributed by atoms with van der Waals surface area (Å²) in [5, 5.41) is 13.0. The van der Waals surface area contributed by atoms with Crippen LogP contribution in [0.2, 0.25) is 0 Å². The maximum atomic E-state index is 13.0. The second kappa shape index (κ2) is 7.82. The molecule has 2 aromatic carbocycles. The number of rotatable bonds is 4. The predicted octanol–water partition coefficient (Wildman–Crippen LogP) is 3.34. The van der Waals surface area contributed by atoms with Crippen LogP contribution in [0.3, 0.4) is 0 Å². The van der Waals surface area contributed by atoms with Gasteiger partial charge in [0.05, 0.1) is 12.1 Å². The lowest BCUT2D eigenvalue weighted by molar-refractivity contribution is -0.125. The van der Waals surface area contributed by atoms with Crippen molar-refractivity contribution in [2.45, 2.75) is 26.3 Å². The van der Waals surface area contributed by atoms with Crippen LogP contribution in [0, 0.1) is 6.92 Å². The Morgan fingerprint density at radius 3 is 2.47 bits per heavy atom. The molecule has 0 saturated carbocycles. The van der Waals surface area contributed by atoms with Gasteiger partial charge in [-0.05, 0) is 25.1 Å². The van der Waals surface area contributed by atoms with Crippen molar-refractivity contribution in [1.29, 1.82) is 0 Å². The van der Waals surface area contributed by atoms with Gasteiger partial charge in [0.15, 0.2) is 0 Å². The van der Waals surface area contributed by atoms with E-state index in [9.17, 15) is 14.4 Å². The number of aromatic nitrogens is 2. The average molecular weight is 403 g/mol. The summed E-state index contributed by atoms with van der Waals surface area (Å²) < 4.78 is 1.58. The van der Waals surface area contributed by atoms with Crippen LogP contribution in [0.15, 0.2) is 54.6 Å². The van der Waals surface area contributed by atoms with Crippen LogP contribution < -0.4 is 16.0 Å². The zero-order valence-electron chi connectivity index (χ0n) is 16.6. The molecule has 3 N–H and O–H groups in total. The molecule has 0 bridgehead atoms. The second-order valence-corrected chi connectivity index (χ2v) is 7.15.